The first-order valence-electron chi connectivity index (χ1n) is 8.88. The standard InChI is InChI=1S/C23H28O2Si/c1-5-13-21(18-24-4)19-26(25-20(3)6-2,22-14-9-7-10-15-22)23-16-11-8-12-17-23/h5-12,14-17,19-20H,1-2,13,18H2,3-4H3/b21-19-. The van der Waals surface area contributed by atoms with Gasteiger partial charge < -0.3 is 9.16 Å². The van der Waals surface area contributed by atoms with Gasteiger partial charge in [0.25, 0.3) is 8.32 Å². The fourth-order valence-corrected chi connectivity index (χ4v) is 6.87. The molecule has 0 spiro atoms. The van der Waals surface area contributed by atoms with Crippen LogP contribution in [0.1, 0.15) is 13.3 Å². The maximum absolute atomic E-state index is 6.74. The molecule has 1 unspecified atom stereocenters. The van der Waals surface area contributed by atoms with E-state index in [4.69, 9.17) is 9.16 Å². The van der Waals surface area contributed by atoms with Gasteiger partial charge in [0.15, 0.2) is 0 Å². The zero-order valence-corrected chi connectivity index (χ0v) is 16.7. The van der Waals surface area contributed by atoms with Crippen LogP contribution in [0.25, 0.3) is 0 Å². The summed E-state index contributed by atoms with van der Waals surface area (Å²) in [6.45, 7) is 10.4. The Balaban J connectivity index is 2.72. The molecular formula is C23H28O2Si. The minimum absolute atomic E-state index is 0.0640. The van der Waals surface area contributed by atoms with Crippen molar-refractivity contribution in [3.63, 3.8) is 0 Å². The normalized spacial score (nSPS) is 13.2. The van der Waals surface area contributed by atoms with E-state index in [-0.39, 0.29) is 6.10 Å². The zero-order chi connectivity index (χ0) is 18.8. The van der Waals surface area contributed by atoms with Gasteiger partial charge in [-0.05, 0) is 29.3 Å². The molecule has 0 fully saturated rings. The third kappa shape index (κ3) is 4.91. The van der Waals surface area contributed by atoms with Gasteiger partial charge in [0.2, 0.25) is 0 Å². The molecule has 2 nitrogen and oxygen atoms in total. The second-order valence-corrected chi connectivity index (χ2v) is 9.41. The van der Waals surface area contributed by atoms with Gasteiger partial charge in [0, 0.05) is 7.11 Å². The van der Waals surface area contributed by atoms with E-state index in [0.29, 0.717) is 6.61 Å². The fraction of sp³-hybridized carbons (Fsp3) is 0.217. The number of hydrogen-bond acceptors (Lipinski definition) is 2. The van der Waals surface area contributed by atoms with E-state index in [2.05, 4.69) is 67.4 Å². The summed E-state index contributed by atoms with van der Waals surface area (Å²) in [7, 11) is -0.910. The molecule has 2 aromatic rings. The maximum atomic E-state index is 6.74. The summed E-state index contributed by atoms with van der Waals surface area (Å²) in [5.41, 5.74) is 3.49. The Bertz CT molecular complexity index is 683. The Labute approximate surface area is 158 Å². The average molecular weight is 365 g/mol. The Hall–Kier alpha value is -2.20. The Morgan fingerprint density at radius 3 is 1.96 bits per heavy atom. The van der Waals surface area contributed by atoms with Gasteiger partial charge in [0.1, 0.15) is 0 Å². The zero-order valence-electron chi connectivity index (χ0n) is 15.7. The average Bonchev–Trinajstić information content (AvgIpc) is 2.69. The molecule has 0 saturated carbocycles. The highest BCUT2D eigenvalue weighted by Crippen LogP contribution is 2.17. The van der Waals surface area contributed by atoms with E-state index < -0.39 is 8.32 Å². The van der Waals surface area contributed by atoms with Crippen LogP contribution in [0.2, 0.25) is 0 Å². The molecule has 0 radical (unpaired) electrons. The number of benzene rings is 2. The second-order valence-electron chi connectivity index (χ2n) is 6.25. The van der Waals surface area contributed by atoms with E-state index in [1.165, 1.54) is 15.9 Å². The van der Waals surface area contributed by atoms with Crippen molar-refractivity contribution in [3.8, 4) is 0 Å². The Morgan fingerprint density at radius 1 is 1.00 bits per heavy atom. The van der Waals surface area contributed by atoms with Gasteiger partial charge in [-0.3, -0.25) is 0 Å². The summed E-state index contributed by atoms with van der Waals surface area (Å²) in [4.78, 5) is 0. The summed E-state index contributed by atoms with van der Waals surface area (Å²) in [6.07, 6.45) is 4.47. The minimum atomic E-state index is -2.63. The molecule has 0 amide bonds. The van der Waals surface area contributed by atoms with E-state index >= 15 is 0 Å². The molecule has 0 N–H and O–H groups in total. The number of hydrogen-bond donors (Lipinski definition) is 0. The van der Waals surface area contributed by atoms with Crippen LogP contribution >= 0.6 is 0 Å². The molecule has 0 aliphatic rings. The number of allylic oxidation sites excluding steroid dienone is 1. The van der Waals surface area contributed by atoms with Crippen LogP contribution in [0, 0.1) is 0 Å². The van der Waals surface area contributed by atoms with Gasteiger partial charge >= 0.3 is 0 Å². The second kappa shape index (κ2) is 10.1. The van der Waals surface area contributed by atoms with E-state index in [1.807, 2.05) is 31.2 Å². The highest BCUT2D eigenvalue weighted by Gasteiger charge is 2.39. The maximum Gasteiger partial charge on any atom is 0.281 e. The van der Waals surface area contributed by atoms with Crippen LogP contribution in [0.5, 0.6) is 0 Å². The van der Waals surface area contributed by atoms with Crippen molar-refractivity contribution in [1.29, 1.82) is 0 Å². The first kappa shape index (κ1) is 20.1. The number of methoxy groups -OCH3 is 1. The van der Waals surface area contributed by atoms with Crippen molar-refractivity contribution in [2.24, 2.45) is 0 Å². The molecular weight excluding hydrogens is 336 g/mol. The minimum Gasteiger partial charge on any atom is -0.398 e. The van der Waals surface area contributed by atoms with Crippen molar-refractivity contribution < 1.29 is 9.16 Å². The van der Waals surface area contributed by atoms with E-state index in [0.717, 1.165) is 6.42 Å². The molecule has 136 valence electrons. The monoisotopic (exact) mass is 364 g/mol. The van der Waals surface area contributed by atoms with Crippen LogP contribution in [0.4, 0.5) is 0 Å². The Morgan fingerprint density at radius 2 is 1.54 bits per heavy atom. The van der Waals surface area contributed by atoms with Gasteiger partial charge in [-0.25, -0.2) is 0 Å². The van der Waals surface area contributed by atoms with Crippen molar-refractivity contribution in [2.45, 2.75) is 19.4 Å². The number of ether oxygens (including phenoxy) is 1. The molecule has 0 aliphatic carbocycles. The molecule has 3 heteroatoms. The topological polar surface area (TPSA) is 18.5 Å². The summed E-state index contributed by atoms with van der Waals surface area (Å²) < 4.78 is 12.2. The van der Waals surface area contributed by atoms with Gasteiger partial charge in [-0.2, -0.15) is 0 Å². The lowest BCUT2D eigenvalue weighted by molar-refractivity contribution is 0.224. The van der Waals surface area contributed by atoms with Gasteiger partial charge in [-0.1, -0.05) is 78.5 Å². The van der Waals surface area contributed by atoms with Crippen molar-refractivity contribution in [3.05, 3.63) is 97.2 Å². The number of rotatable bonds is 10. The SMILES string of the molecule is C=CC/C(=C/[Si](OC(C)C=C)(c1ccccc1)c1ccccc1)COC. The van der Waals surface area contributed by atoms with Crippen LogP contribution in [-0.2, 0) is 9.16 Å². The molecule has 1 atom stereocenters. The van der Waals surface area contributed by atoms with Crippen molar-refractivity contribution in [1.82, 2.24) is 0 Å². The highest BCUT2D eigenvalue weighted by molar-refractivity contribution is 7.01. The molecule has 0 bridgehead atoms. The van der Waals surface area contributed by atoms with E-state index in [9.17, 15) is 0 Å². The fourth-order valence-electron chi connectivity index (χ4n) is 3.03. The van der Waals surface area contributed by atoms with Crippen LogP contribution in [0.15, 0.2) is 97.2 Å². The molecule has 0 aliphatic heterocycles. The summed E-state index contributed by atoms with van der Waals surface area (Å²) >= 11 is 0. The molecule has 0 saturated heterocycles. The van der Waals surface area contributed by atoms with Gasteiger partial charge in [-0.15, -0.1) is 13.2 Å². The Kier molecular flexibility index (Phi) is 7.79. The summed E-state index contributed by atoms with van der Waals surface area (Å²) in [5.74, 6) is 0. The molecule has 2 aromatic carbocycles. The molecule has 0 aromatic heterocycles. The largest absolute Gasteiger partial charge is 0.398 e. The highest BCUT2D eigenvalue weighted by atomic mass is 28.4. The van der Waals surface area contributed by atoms with Crippen LogP contribution in [0.3, 0.4) is 0 Å². The first-order valence-corrected chi connectivity index (χ1v) is 10.9. The summed E-state index contributed by atoms with van der Waals surface area (Å²) in [5, 5.41) is 2.41. The van der Waals surface area contributed by atoms with E-state index in [1.54, 1.807) is 7.11 Å². The third-order valence-electron chi connectivity index (χ3n) is 4.25. The van der Waals surface area contributed by atoms with Gasteiger partial charge in [0.05, 0.1) is 12.7 Å². The summed E-state index contributed by atoms with van der Waals surface area (Å²) in [6, 6.07) is 21.0. The van der Waals surface area contributed by atoms with Crippen LogP contribution < -0.4 is 10.4 Å². The lowest BCUT2D eigenvalue weighted by Gasteiger charge is -2.33. The quantitative estimate of drug-likeness (QED) is 0.468. The predicted octanol–water partition coefficient (Wildman–Crippen LogP) is 4.03. The smallest absolute Gasteiger partial charge is 0.281 e. The predicted molar refractivity (Wildman–Crippen MR) is 113 cm³/mol. The third-order valence-corrected chi connectivity index (χ3v) is 8.19. The first-order chi connectivity index (χ1) is 12.7. The lowest BCUT2D eigenvalue weighted by atomic mass is 10.2. The molecule has 2 rings (SSSR count). The molecule has 0 heterocycles. The van der Waals surface area contributed by atoms with Crippen molar-refractivity contribution in [2.75, 3.05) is 13.7 Å². The van der Waals surface area contributed by atoms with Crippen molar-refractivity contribution >= 4 is 18.7 Å². The van der Waals surface area contributed by atoms with Crippen LogP contribution in [-0.4, -0.2) is 28.1 Å². The lowest BCUT2D eigenvalue weighted by Crippen LogP contribution is -2.61. The molecule has 26 heavy (non-hydrogen) atoms.